The number of quaternary nitrogens is 1. The van der Waals surface area contributed by atoms with E-state index in [2.05, 4.69) is 59.1 Å². The van der Waals surface area contributed by atoms with Crippen molar-refractivity contribution in [2.45, 2.75) is 32.1 Å². The summed E-state index contributed by atoms with van der Waals surface area (Å²) in [5.41, 5.74) is 2.53. The second-order valence-corrected chi connectivity index (χ2v) is 5.37. The van der Waals surface area contributed by atoms with Gasteiger partial charge in [0, 0.05) is 17.2 Å². The molecule has 3 rings (SSSR count). The van der Waals surface area contributed by atoms with Gasteiger partial charge in [0.25, 0.3) is 0 Å². The van der Waals surface area contributed by atoms with Gasteiger partial charge >= 0.3 is 0 Å². The van der Waals surface area contributed by atoms with Crippen LogP contribution in [0.25, 0.3) is 0 Å². The van der Waals surface area contributed by atoms with Crippen molar-refractivity contribution in [2.75, 3.05) is 13.1 Å². The highest BCUT2D eigenvalue weighted by Gasteiger charge is 2.25. The number of hydrogen-bond donors (Lipinski definition) is 3. The highest BCUT2D eigenvalue weighted by atomic mass is 15.2. The number of hydrogen-bond acceptors (Lipinski definition) is 3. The Morgan fingerprint density at radius 1 is 1.17 bits per heavy atom. The molecule has 3 unspecified atom stereocenters. The van der Waals surface area contributed by atoms with E-state index in [1.165, 1.54) is 11.1 Å². The summed E-state index contributed by atoms with van der Waals surface area (Å²) in [6.45, 7) is 6.41. The molecule has 2 aliphatic heterocycles. The number of nitrogens with two attached hydrogens (primary N) is 1. The summed E-state index contributed by atoms with van der Waals surface area (Å²) < 4.78 is 0. The van der Waals surface area contributed by atoms with Gasteiger partial charge < -0.3 is 10.6 Å². The van der Waals surface area contributed by atoms with E-state index in [-0.39, 0.29) is 0 Å². The number of amidine groups is 1. The molecule has 0 aliphatic carbocycles. The first-order valence-electron chi connectivity index (χ1n) is 6.73. The molecule has 2 heterocycles. The molecular formula is C14H21N4+. The maximum Gasteiger partial charge on any atom is 0.166 e. The SMILES string of the molecule is CC1CN=C(c2ccc(C3NC(C)C[NH2+]3)cc2)N1. The fourth-order valence-electron chi connectivity index (χ4n) is 2.59. The zero-order valence-corrected chi connectivity index (χ0v) is 11.0. The lowest BCUT2D eigenvalue weighted by atomic mass is 10.1. The van der Waals surface area contributed by atoms with Crippen LogP contribution in [-0.4, -0.2) is 31.0 Å². The normalized spacial score (nSPS) is 31.2. The van der Waals surface area contributed by atoms with Crippen LogP contribution in [0.5, 0.6) is 0 Å². The van der Waals surface area contributed by atoms with E-state index >= 15 is 0 Å². The predicted molar refractivity (Wildman–Crippen MR) is 72.6 cm³/mol. The molecule has 1 aromatic rings. The van der Waals surface area contributed by atoms with E-state index in [9.17, 15) is 0 Å². The number of benzene rings is 1. The van der Waals surface area contributed by atoms with Gasteiger partial charge in [0.15, 0.2) is 6.17 Å². The van der Waals surface area contributed by atoms with Crippen LogP contribution >= 0.6 is 0 Å². The summed E-state index contributed by atoms with van der Waals surface area (Å²) >= 11 is 0. The van der Waals surface area contributed by atoms with Gasteiger partial charge in [-0.05, 0) is 13.8 Å². The smallest absolute Gasteiger partial charge is 0.166 e. The Labute approximate surface area is 108 Å². The topological polar surface area (TPSA) is 53.0 Å². The molecule has 0 aromatic heterocycles. The summed E-state index contributed by atoms with van der Waals surface area (Å²) in [5.74, 6) is 1.03. The Morgan fingerprint density at radius 2 is 1.94 bits per heavy atom. The van der Waals surface area contributed by atoms with Crippen molar-refractivity contribution in [3.63, 3.8) is 0 Å². The molecule has 3 atom stereocenters. The minimum absolute atomic E-state index is 0.409. The van der Waals surface area contributed by atoms with E-state index in [0.717, 1.165) is 18.9 Å². The first-order valence-corrected chi connectivity index (χ1v) is 6.73. The highest BCUT2D eigenvalue weighted by Crippen LogP contribution is 2.13. The van der Waals surface area contributed by atoms with Crippen LogP contribution in [0.3, 0.4) is 0 Å². The molecule has 96 valence electrons. The van der Waals surface area contributed by atoms with E-state index in [1.54, 1.807) is 0 Å². The summed E-state index contributed by atoms with van der Waals surface area (Å²) in [6.07, 6.45) is 0.409. The third-order valence-electron chi connectivity index (χ3n) is 3.64. The summed E-state index contributed by atoms with van der Waals surface area (Å²) in [7, 11) is 0. The largest absolute Gasteiger partial charge is 0.366 e. The summed E-state index contributed by atoms with van der Waals surface area (Å²) in [6, 6.07) is 9.79. The summed E-state index contributed by atoms with van der Waals surface area (Å²) in [5, 5.41) is 9.31. The van der Waals surface area contributed by atoms with Gasteiger partial charge in [-0.2, -0.15) is 0 Å². The fourth-order valence-corrected chi connectivity index (χ4v) is 2.59. The molecule has 4 N–H and O–H groups in total. The average molecular weight is 245 g/mol. The summed E-state index contributed by atoms with van der Waals surface area (Å²) in [4.78, 5) is 4.51. The van der Waals surface area contributed by atoms with E-state index < -0.39 is 0 Å². The Kier molecular flexibility index (Phi) is 3.06. The maximum absolute atomic E-state index is 4.51. The lowest BCUT2D eigenvalue weighted by molar-refractivity contribution is -0.679. The standard InChI is InChI=1S/C14H20N4/c1-9-7-15-13(17-9)11-3-5-12(6-4-11)14-16-8-10(2)18-14/h3-6,9-10,13,15,17H,7-8H2,1-2H3,(H,16,18)/p+1. The molecular weight excluding hydrogens is 224 g/mol. The second-order valence-electron chi connectivity index (χ2n) is 5.37. The zero-order chi connectivity index (χ0) is 12.5. The number of rotatable bonds is 2. The molecule has 1 saturated heterocycles. The van der Waals surface area contributed by atoms with E-state index in [4.69, 9.17) is 0 Å². The van der Waals surface area contributed by atoms with Gasteiger partial charge in [-0.15, -0.1) is 0 Å². The van der Waals surface area contributed by atoms with E-state index in [0.29, 0.717) is 18.2 Å². The first kappa shape index (κ1) is 11.7. The molecule has 0 saturated carbocycles. The van der Waals surface area contributed by atoms with Crippen LogP contribution in [0.2, 0.25) is 0 Å². The van der Waals surface area contributed by atoms with Gasteiger partial charge in [-0.25, -0.2) is 0 Å². The molecule has 0 amide bonds. The molecule has 4 heteroatoms. The number of nitrogens with one attached hydrogen (secondary N) is 2. The van der Waals surface area contributed by atoms with Crippen molar-refractivity contribution in [3.05, 3.63) is 35.4 Å². The van der Waals surface area contributed by atoms with Crippen LogP contribution in [0, 0.1) is 0 Å². The third-order valence-corrected chi connectivity index (χ3v) is 3.64. The van der Waals surface area contributed by atoms with Crippen LogP contribution in [0.4, 0.5) is 0 Å². The molecule has 0 spiro atoms. The van der Waals surface area contributed by atoms with E-state index in [1.807, 2.05) is 0 Å². The Morgan fingerprint density at radius 3 is 2.50 bits per heavy atom. The molecule has 1 aromatic carbocycles. The van der Waals surface area contributed by atoms with Gasteiger partial charge in [0.05, 0.1) is 19.1 Å². The van der Waals surface area contributed by atoms with Gasteiger partial charge in [-0.1, -0.05) is 24.3 Å². The lowest BCUT2D eigenvalue weighted by Gasteiger charge is -2.10. The van der Waals surface area contributed by atoms with Crippen molar-refractivity contribution in [2.24, 2.45) is 4.99 Å². The molecule has 0 radical (unpaired) electrons. The lowest BCUT2D eigenvalue weighted by Crippen LogP contribution is -2.83. The quantitative estimate of drug-likeness (QED) is 0.686. The van der Waals surface area contributed by atoms with Crippen molar-refractivity contribution < 1.29 is 5.32 Å². The zero-order valence-electron chi connectivity index (χ0n) is 11.0. The van der Waals surface area contributed by atoms with Crippen molar-refractivity contribution >= 4 is 5.84 Å². The molecule has 18 heavy (non-hydrogen) atoms. The van der Waals surface area contributed by atoms with Crippen LogP contribution in [0.15, 0.2) is 29.3 Å². The number of aliphatic imine (C=N–C) groups is 1. The third kappa shape index (κ3) is 2.26. The first-order chi connectivity index (χ1) is 8.72. The second kappa shape index (κ2) is 4.71. The minimum atomic E-state index is 0.409. The van der Waals surface area contributed by atoms with Gasteiger partial charge in [0.1, 0.15) is 5.84 Å². The Bertz CT molecular complexity index is 451. The van der Waals surface area contributed by atoms with Crippen molar-refractivity contribution in [1.82, 2.24) is 10.6 Å². The molecule has 2 aliphatic rings. The minimum Gasteiger partial charge on any atom is -0.366 e. The Hall–Kier alpha value is -1.39. The van der Waals surface area contributed by atoms with Crippen LogP contribution in [-0.2, 0) is 0 Å². The predicted octanol–water partition coefficient (Wildman–Crippen LogP) is -0.0214. The highest BCUT2D eigenvalue weighted by molar-refractivity contribution is 6.00. The maximum atomic E-state index is 4.51. The van der Waals surface area contributed by atoms with Crippen molar-refractivity contribution in [3.8, 4) is 0 Å². The number of nitrogens with zero attached hydrogens (tertiary/aromatic N) is 1. The van der Waals surface area contributed by atoms with Gasteiger partial charge in [-0.3, -0.25) is 10.3 Å². The molecule has 0 bridgehead atoms. The van der Waals surface area contributed by atoms with Gasteiger partial charge in [0.2, 0.25) is 0 Å². The molecule has 1 fully saturated rings. The van der Waals surface area contributed by atoms with Crippen LogP contribution in [0.1, 0.15) is 31.1 Å². The monoisotopic (exact) mass is 245 g/mol. The van der Waals surface area contributed by atoms with Crippen LogP contribution < -0.4 is 16.0 Å². The average Bonchev–Trinajstić information content (AvgIpc) is 2.98. The van der Waals surface area contributed by atoms with Crippen molar-refractivity contribution in [1.29, 1.82) is 0 Å². The fraction of sp³-hybridized carbons (Fsp3) is 0.500. The Balaban J connectivity index is 1.73. The molecule has 4 nitrogen and oxygen atoms in total.